The number of nitrogens with zero attached hydrogens (tertiary/aromatic N) is 5. The van der Waals surface area contributed by atoms with E-state index in [0.29, 0.717) is 6.04 Å². The summed E-state index contributed by atoms with van der Waals surface area (Å²) in [5.74, 6) is 0. The maximum absolute atomic E-state index is 4.83. The van der Waals surface area contributed by atoms with E-state index in [2.05, 4.69) is 33.0 Å². The van der Waals surface area contributed by atoms with Crippen LogP contribution >= 0.6 is 0 Å². The third kappa shape index (κ3) is 2.39. The molecule has 1 atom stereocenters. The molecule has 4 rings (SSSR count). The van der Waals surface area contributed by atoms with Gasteiger partial charge in [0.05, 0.1) is 24.3 Å². The molecule has 1 N–H and O–H groups in total. The predicted octanol–water partition coefficient (Wildman–Crippen LogP) is 2.49. The number of piperidine rings is 1. The van der Waals surface area contributed by atoms with Crippen LogP contribution < -0.4 is 0 Å². The Bertz CT molecular complexity index is 760. The summed E-state index contributed by atoms with van der Waals surface area (Å²) >= 11 is 0. The molecule has 114 valence electrons. The minimum Gasteiger partial charge on any atom is -0.347 e. The van der Waals surface area contributed by atoms with Crippen molar-refractivity contribution in [1.29, 1.82) is 0 Å². The number of aryl methyl sites for hydroxylation is 1. The molecule has 0 aromatic carbocycles. The lowest BCUT2D eigenvalue weighted by Crippen LogP contribution is -2.33. The van der Waals surface area contributed by atoms with Crippen molar-refractivity contribution >= 4 is 5.65 Å². The summed E-state index contributed by atoms with van der Waals surface area (Å²) in [5.41, 5.74) is 4.39. The first-order valence-electron chi connectivity index (χ1n) is 7.84. The first kappa shape index (κ1) is 13.5. The number of aromatic nitrogens is 5. The molecule has 22 heavy (non-hydrogen) atoms. The van der Waals surface area contributed by atoms with E-state index in [4.69, 9.17) is 4.98 Å². The maximum atomic E-state index is 4.83. The number of fused-ring (bicyclic) bond motifs is 1. The van der Waals surface area contributed by atoms with Gasteiger partial charge >= 0.3 is 0 Å². The number of nitrogens with one attached hydrogen (secondary N) is 1. The summed E-state index contributed by atoms with van der Waals surface area (Å²) in [4.78, 5) is 14.7. The Morgan fingerprint density at radius 2 is 2.32 bits per heavy atom. The van der Waals surface area contributed by atoms with Crippen molar-refractivity contribution in [3.05, 3.63) is 47.9 Å². The van der Waals surface area contributed by atoms with Gasteiger partial charge in [0.15, 0.2) is 5.65 Å². The van der Waals surface area contributed by atoms with Gasteiger partial charge in [0.2, 0.25) is 0 Å². The normalized spacial score (nSPS) is 19.8. The van der Waals surface area contributed by atoms with E-state index >= 15 is 0 Å². The second-order valence-corrected chi connectivity index (χ2v) is 5.98. The van der Waals surface area contributed by atoms with Crippen LogP contribution in [-0.2, 0) is 6.54 Å². The third-order valence-electron chi connectivity index (χ3n) is 4.44. The highest BCUT2D eigenvalue weighted by Crippen LogP contribution is 2.31. The van der Waals surface area contributed by atoms with E-state index in [9.17, 15) is 0 Å². The minimum atomic E-state index is 0.371. The largest absolute Gasteiger partial charge is 0.347 e. The van der Waals surface area contributed by atoms with Crippen LogP contribution in [0.25, 0.3) is 5.65 Å². The van der Waals surface area contributed by atoms with Gasteiger partial charge in [-0.25, -0.2) is 14.5 Å². The van der Waals surface area contributed by atoms with Crippen molar-refractivity contribution < 1.29 is 0 Å². The minimum absolute atomic E-state index is 0.371. The van der Waals surface area contributed by atoms with Crippen LogP contribution in [0.15, 0.2) is 30.9 Å². The highest BCUT2D eigenvalue weighted by molar-refractivity contribution is 5.39. The second kappa shape index (κ2) is 5.53. The fourth-order valence-electron chi connectivity index (χ4n) is 3.37. The van der Waals surface area contributed by atoms with Crippen molar-refractivity contribution in [1.82, 2.24) is 29.5 Å². The maximum Gasteiger partial charge on any atom is 0.155 e. The summed E-state index contributed by atoms with van der Waals surface area (Å²) < 4.78 is 1.89. The van der Waals surface area contributed by atoms with Crippen LogP contribution in [0, 0.1) is 6.92 Å². The molecule has 0 amide bonds. The zero-order valence-corrected chi connectivity index (χ0v) is 12.7. The lowest BCUT2D eigenvalue weighted by molar-refractivity contribution is 0.136. The zero-order valence-electron chi connectivity index (χ0n) is 12.7. The highest BCUT2D eigenvalue weighted by atomic mass is 15.3. The Kier molecular flexibility index (Phi) is 3.38. The van der Waals surface area contributed by atoms with Gasteiger partial charge in [0.1, 0.15) is 0 Å². The molecule has 3 aromatic heterocycles. The van der Waals surface area contributed by atoms with Gasteiger partial charge in [-0.1, -0.05) is 6.42 Å². The topological polar surface area (TPSA) is 62.1 Å². The Morgan fingerprint density at radius 3 is 3.18 bits per heavy atom. The third-order valence-corrected chi connectivity index (χ3v) is 4.44. The number of hydrogen-bond donors (Lipinski definition) is 1. The smallest absolute Gasteiger partial charge is 0.155 e. The van der Waals surface area contributed by atoms with Crippen molar-refractivity contribution in [2.45, 2.75) is 38.8 Å². The molecule has 0 radical (unpaired) electrons. The lowest BCUT2D eigenvalue weighted by Gasteiger charge is -2.35. The van der Waals surface area contributed by atoms with Gasteiger partial charge in [-0.05, 0) is 32.4 Å². The van der Waals surface area contributed by atoms with Gasteiger partial charge in [-0.3, -0.25) is 4.90 Å². The molecule has 4 heterocycles. The second-order valence-electron chi connectivity index (χ2n) is 5.98. The van der Waals surface area contributed by atoms with Crippen molar-refractivity contribution in [3.8, 4) is 0 Å². The lowest BCUT2D eigenvalue weighted by atomic mass is 9.98. The van der Waals surface area contributed by atoms with Crippen molar-refractivity contribution in [2.75, 3.05) is 6.54 Å². The molecule has 3 aromatic rings. The molecular formula is C16H20N6. The highest BCUT2D eigenvalue weighted by Gasteiger charge is 2.26. The fraction of sp³-hybridized carbons (Fsp3) is 0.438. The van der Waals surface area contributed by atoms with E-state index in [-0.39, 0.29) is 0 Å². The molecule has 6 nitrogen and oxygen atoms in total. The average Bonchev–Trinajstić information content (AvgIpc) is 3.19. The monoisotopic (exact) mass is 296 g/mol. The van der Waals surface area contributed by atoms with Crippen molar-refractivity contribution in [2.24, 2.45) is 0 Å². The van der Waals surface area contributed by atoms with E-state index < -0.39 is 0 Å². The summed E-state index contributed by atoms with van der Waals surface area (Å²) in [6.07, 6.45) is 9.13. The molecule has 1 aliphatic heterocycles. The Hall–Kier alpha value is -2.21. The molecule has 1 saturated heterocycles. The van der Waals surface area contributed by atoms with E-state index in [1.54, 1.807) is 6.33 Å². The predicted molar refractivity (Wildman–Crippen MR) is 83.3 cm³/mol. The molecule has 0 unspecified atom stereocenters. The van der Waals surface area contributed by atoms with E-state index in [1.807, 2.05) is 23.0 Å². The number of rotatable bonds is 3. The molecule has 0 saturated carbocycles. The van der Waals surface area contributed by atoms with E-state index in [1.165, 1.54) is 12.8 Å². The molecule has 6 heteroatoms. The van der Waals surface area contributed by atoms with Gasteiger partial charge in [-0.2, -0.15) is 5.10 Å². The quantitative estimate of drug-likeness (QED) is 0.806. The van der Waals surface area contributed by atoms with Crippen LogP contribution in [0.5, 0.6) is 0 Å². The summed E-state index contributed by atoms with van der Waals surface area (Å²) in [6.45, 7) is 4.10. The van der Waals surface area contributed by atoms with Gasteiger partial charge in [-0.15, -0.1) is 0 Å². The average molecular weight is 296 g/mol. The fourth-order valence-corrected chi connectivity index (χ4v) is 3.37. The Morgan fingerprint density at radius 1 is 1.36 bits per heavy atom. The van der Waals surface area contributed by atoms with Crippen LogP contribution in [0.3, 0.4) is 0 Å². The van der Waals surface area contributed by atoms with Crippen LogP contribution in [0.4, 0.5) is 0 Å². The molecule has 1 fully saturated rings. The van der Waals surface area contributed by atoms with Gasteiger partial charge in [0.25, 0.3) is 0 Å². The summed E-state index contributed by atoms with van der Waals surface area (Å²) in [7, 11) is 0. The number of aromatic amines is 1. The molecule has 0 spiro atoms. The van der Waals surface area contributed by atoms with Crippen molar-refractivity contribution in [3.63, 3.8) is 0 Å². The standard InChI is InChI=1S/C16H20N6/c1-12-8-14(20-16-5-6-19-22(12)16)15-4-2-3-7-21(15)10-13-9-17-11-18-13/h5-6,8-9,11,15H,2-4,7,10H2,1H3,(H,17,18)/t15-/m1/s1. The Balaban J connectivity index is 1.67. The number of hydrogen-bond acceptors (Lipinski definition) is 4. The SMILES string of the molecule is Cc1cc([C@H]2CCCCN2Cc2cnc[nH]2)nc2ccnn12. The molecule has 0 aliphatic carbocycles. The molecular weight excluding hydrogens is 276 g/mol. The van der Waals surface area contributed by atoms with E-state index in [0.717, 1.165) is 42.2 Å². The zero-order chi connectivity index (χ0) is 14.9. The summed E-state index contributed by atoms with van der Waals surface area (Å²) in [5, 5.41) is 4.31. The number of H-pyrrole nitrogens is 1. The van der Waals surface area contributed by atoms with Crippen LogP contribution in [0.1, 0.15) is 42.4 Å². The van der Waals surface area contributed by atoms with Crippen LogP contribution in [0.2, 0.25) is 0 Å². The van der Waals surface area contributed by atoms with Gasteiger partial charge in [0, 0.05) is 30.2 Å². The number of likely N-dealkylation sites (tertiary alicyclic amines) is 1. The summed E-state index contributed by atoms with van der Waals surface area (Å²) in [6, 6.07) is 4.52. The van der Waals surface area contributed by atoms with Gasteiger partial charge < -0.3 is 4.98 Å². The molecule has 0 bridgehead atoms. The Labute approximate surface area is 129 Å². The van der Waals surface area contributed by atoms with Crippen LogP contribution in [-0.4, -0.2) is 36.0 Å². The first-order chi connectivity index (χ1) is 10.8. The molecule has 1 aliphatic rings. The number of imidazole rings is 1. The first-order valence-corrected chi connectivity index (χ1v) is 7.84.